The highest BCUT2D eigenvalue weighted by atomic mass is 32.2. The predicted molar refractivity (Wildman–Crippen MR) is 94.3 cm³/mol. The van der Waals surface area contributed by atoms with Crippen LogP contribution in [0.2, 0.25) is 0 Å². The maximum atomic E-state index is 13.0. The van der Waals surface area contributed by atoms with Gasteiger partial charge in [-0.2, -0.15) is 4.31 Å². The number of hydrogen-bond donors (Lipinski definition) is 1. The Morgan fingerprint density at radius 1 is 1.31 bits per heavy atom. The van der Waals surface area contributed by atoms with Gasteiger partial charge in [-0.05, 0) is 37.1 Å². The van der Waals surface area contributed by atoms with Crippen molar-refractivity contribution in [1.29, 1.82) is 0 Å². The number of amides is 1. The van der Waals surface area contributed by atoms with Crippen molar-refractivity contribution in [3.63, 3.8) is 0 Å². The van der Waals surface area contributed by atoms with Crippen molar-refractivity contribution in [3.8, 4) is 5.75 Å². The Bertz CT molecular complexity index is 834. The van der Waals surface area contributed by atoms with E-state index in [1.54, 1.807) is 12.1 Å². The molecule has 1 saturated heterocycles. The lowest BCUT2D eigenvalue weighted by Crippen LogP contribution is -2.45. The zero-order chi connectivity index (χ0) is 18.6. The molecule has 9 heteroatoms. The predicted octanol–water partition coefficient (Wildman–Crippen LogP) is 2.26. The number of rotatable bonds is 6. The van der Waals surface area contributed by atoms with Gasteiger partial charge in [-0.3, -0.25) is 4.79 Å². The Morgan fingerprint density at radius 2 is 2.08 bits per heavy atom. The van der Waals surface area contributed by atoms with Gasteiger partial charge >= 0.3 is 0 Å². The number of ether oxygens (including phenoxy) is 1. The lowest BCUT2D eigenvalue weighted by molar-refractivity contribution is -0.117. The van der Waals surface area contributed by atoms with Crippen LogP contribution in [-0.2, 0) is 14.8 Å². The fraction of sp³-hybridized carbons (Fsp3) is 0.412. The lowest BCUT2D eigenvalue weighted by atomic mass is 10.0. The molecule has 0 saturated carbocycles. The summed E-state index contributed by atoms with van der Waals surface area (Å²) in [5.74, 6) is 0.613. The minimum Gasteiger partial charge on any atom is -0.497 e. The second-order valence-electron chi connectivity index (χ2n) is 6.08. The fourth-order valence-electron chi connectivity index (χ4n) is 3.06. The Kier molecular flexibility index (Phi) is 5.58. The van der Waals surface area contributed by atoms with Gasteiger partial charge in [-0.15, -0.1) is 0 Å². The molecule has 0 spiro atoms. The number of anilines is 1. The van der Waals surface area contributed by atoms with E-state index in [-0.39, 0.29) is 23.3 Å². The standard InChI is InChI=1S/C17H21N3O5S/c1-24-14-5-7-15(8-6-14)26(22,23)20-10-3-2-4-13(20)12-17(21)18-16-9-11-25-19-16/h5-9,11,13H,2-4,10,12H2,1H3,(H,18,19,21)/t13-/m0/s1. The van der Waals surface area contributed by atoms with Gasteiger partial charge in [0, 0.05) is 25.1 Å². The van der Waals surface area contributed by atoms with Gasteiger partial charge in [0.15, 0.2) is 5.82 Å². The molecule has 1 aliphatic rings. The maximum absolute atomic E-state index is 13.0. The average molecular weight is 379 g/mol. The van der Waals surface area contributed by atoms with E-state index in [9.17, 15) is 13.2 Å². The molecule has 0 bridgehead atoms. The molecule has 1 N–H and O–H groups in total. The Morgan fingerprint density at radius 3 is 2.73 bits per heavy atom. The Balaban J connectivity index is 1.75. The van der Waals surface area contributed by atoms with Crippen LogP contribution in [0.5, 0.6) is 5.75 Å². The number of nitrogens with one attached hydrogen (secondary N) is 1. The number of benzene rings is 1. The summed E-state index contributed by atoms with van der Waals surface area (Å²) in [4.78, 5) is 12.4. The van der Waals surface area contributed by atoms with E-state index < -0.39 is 10.0 Å². The average Bonchev–Trinajstić information content (AvgIpc) is 3.15. The number of sulfonamides is 1. The van der Waals surface area contributed by atoms with Crippen LogP contribution in [0.15, 0.2) is 46.0 Å². The van der Waals surface area contributed by atoms with Crippen molar-refractivity contribution < 1.29 is 22.5 Å². The molecule has 26 heavy (non-hydrogen) atoms. The SMILES string of the molecule is COc1ccc(S(=O)(=O)N2CCCC[C@H]2CC(=O)Nc2ccon2)cc1. The largest absolute Gasteiger partial charge is 0.497 e. The van der Waals surface area contributed by atoms with E-state index in [1.807, 2.05) is 0 Å². The summed E-state index contributed by atoms with van der Waals surface area (Å²) in [5.41, 5.74) is 0. The molecule has 8 nitrogen and oxygen atoms in total. The molecule has 0 aliphatic carbocycles. The second-order valence-corrected chi connectivity index (χ2v) is 7.97. The van der Waals surface area contributed by atoms with Gasteiger partial charge in [-0.1, -0.05) is 11.6 Å². The summed E-state index contributed by atoms with van der Waals surface area (Å²) < 4.78 is 37.2. The number of carbonyl (C=O) groups excluding carboxylic acids is 1. The second kappa shape index (κ2) is 7.88. The van der Waals surface area contributed by atoms with Gasteiger partial charge in [-0.25, -0.2) is 8.42 Å². The smallest absolute Gasteiger partial charge is 0.243 e. The first kappa shape index (κ1) is 18.4. The van der Waals surface area contributed by atoms with Crippen molar-refractivity contribution in [1.82, 2.24) is 9.46 Å². The third-order valence-corrected chi connectivity index (χ3v) is 6.33. The fourth-order valence-corrected chi connectivity index (χ4v) is 4.76. The highest BCUT2D eigenvalue weighted by Crippen LogP contribution is 2.28. The number of hydrogen-bond acceptors (Lipinski definition) is 6. The van der Waals surface area contributed by atoms with Crippen LogP contribution in [-0.4, -0.2) is 43.5 Å². The molecule has 0 radical (unpaired) electrons. The van der Waals surface area contributed by atoms with E-state index >= 15 is 0 Å². The molecule has 1 aromatic heterocycles. The number of methoxy groups -OCH3 is 1. The first-order chi connectivity index (χ1) is 12.5. The number of nitrogens with zero attached hydrogens (tertiary/aromatic N) is 2. The topological polar surface area (TPSA) is 102 Å². The molecule has 1 fully saturated rings. The van der Waals surface area contributed by atoms with Gasteiger partial charge in [0.1, 0.15) is 12.0 Å². The van der Waals surface area contributed by atoms with Crippen molar-refractivity contribution in [2.75, 3.05) is 19.0 Å². The molecule has 3 rings (SSSR count). The molecule has 140 valence electrons. The summed E-state index contributed by atoms with van der Waals surface area (Å²) in [7, 11) is -2.15. The number of aromatic nitrogens is 1. The molecule has 0 unspecified atom stereocenters. The van der Waals surface area contributed by atoms with Gasteiger partial charge in [0.05, 0.1) is 12.0 Å². The van der Waals surface area contributed by atoms with Crippen LogP contribution in [0.1, 0.15) is 25.7 Å². The van der Waals surface area contributed by atoms with E-state index in [1.165, 1.54) is 35.9 Å². The van der Waals surface area contributed by atoms with Crippen LogP contribution < -0.4 is 10.1 Å². The van der Waals surface area contributed by atoms with Gasteiger partial charge in [0.25, 0.3) is 0 Å². The summed E-state index contributed by atoms with van der Waals surface area (Å²) >= 11 is 0. The van der Waals surface area contributed by atoms with Crippen LogP contribution in [0, 0.1) is 0 Å². The quantitative estimate of drug-likeness (QED) is 0.826. The molecule has 1 aromatic carbocycles. The van der Waals surface area contributed by atoms with E-state index in [0.717, 1.165) is 12.8 Å². The molecule has 1 amide bonds. The van der Waals surface area contributed by atoms with Crippen molar-refractivity contribution in [3.05, 3.63) is 36.6 Å². The highest BCUT2D eigenvalue weighted by Gasteiger charge is 2.34. The monoisotopic (exact) mass is 379 g/mol. The molecule has 1 aliphatic heterocycles. The first-order valence-corrected chi connectivity index (χ1v) is 9.81. The van der Waals surface area contributed by atoms with Crippen LogP contribution >= 0.6 is 0 Å². The summed E-state index contributed by atoms with van der Waals surface area (Å²) in [6, 6.07) is 7.42. The summed E-state index contributed by atoms with van der Waals surface area (Å²) in [5, 5.41) is 6.24. The number of carbonyl (C=O) groups is 1. The molecular weight excluding hydrogens is 358 g/mol. The zero-order valence-corrected chi connectivity index (χ0v) is 15.2. The molecule has 2 heterocycles. The molecular formula is C17H21N3O5S. The lowest BCUT2D eigenvalue weighted by Gasteiger charge is -2.34. The third-order valence-electron chi connectivity index (χ3n) is 4.37. The summed E-state index contributed by atoms with van der Waals surface area (Å²) in [6.45, 7) is 0.399. The third kappa shape index (κ3) is 4.05. The van der Waals surface area contributed by atoms with Gasteiger partial charge < -0.3 is 14.6 Å². The normalized spacial score (nSPS) is 18.4. The first-order valence-electron chi connectivity index (χ1n) is 8.37. The maximum Gasteiger partial charge on any atom is 0.243 e. The number of piperidine rings is 1. The van der Waals surface area contributed by atoms with E-state index in [0.29, 0.717) is 24.5 Å². The molecule has 2 aromatic rings. The van der Waals surface area contributed by atoms with E-state index in [4.69, 9.17) is 4.74 Å². The summed E-state index contributed by atoms with van der Waals surface area (Å²) in [6.07, 6.45) is 3.73. The van der Waals surface area contributed by atoms with Crippen molar-refractivity contribution in [2.24, 2.45) is 0 Å². The zero-order valence-electron chi connectivity index (χ0n) is 14.4. The van der Waals surface area contributed by atoms with Crippen LogP contribution in [0.4, 0.5) is 5.82 Å². The Hall–Kier alpha value is -2.39. The van der Waals surface area contributed by atoms with Crippen LogP contribution in [0.25, 0.3) is 0 Å². The Labute approximate surface area is 152 Å². The molecule has 1 atom stereocenters. The van der Waals surface area contributed by atoms with Crippen LogP contribution in [0.3, 0.4) is 0 Å². The van der Waals surface area contributed by atoms with Gasteiger partial charge in [0.2, 0.25) is 15.9 Å². The van der Waals surface area contributed by atoms with Crippen molar-refractivity contribution in [2.45, 2.75) is 36.6 Å². The van der Waals surface area contributed by atoms with Crippen molar-refractivity contribution >= 4 is 21.7 Å². The minimum absolute atomic E-state index is 0.0717. The minimum atomic E-state index is -3.68. The van der Waals surface area contributed by atoms with E-state index in [2.05, 4.69) is 15.0 Å². The highest BCUT2D eigenvalue weighted by molar-refractivity contribution is 7.89.